The summed E-state index contributed by atoms with van der Waals surface area (Å²) < 4.78 is 0. The van der Waals surface area contributed by atoms with Crippen molar-refractivity contribution in [3.05, 3.63) is 48.0 Å². The van der Waals surface area contributed by atoms with Crippen LogP contribution in [0.4, 0.5) is 0 Å². The third kappa shape index (κ3) is 1.91. The van der Waals surface area contributed by atoms with E-state index in [4.69, 9.17) is 0 Å². The summed E-state index contributed by atoms with van der Waals surface area (Å²) in [5, 5.41) is 2.21. The molecule has 0 aliphatic carbocycles. The van der Waals surface area contributed by atoms with Crippen LogP contribution in [0.1, 0.15) is 30.1 Å². The molecule has 0 saturated carbocycles. The van der Waals surface area contributed by atoms with Gasteiger partial charge in [-0.3, -0.25) is 4.79 Å². The van der Waals surface area contributed by atoms with E-state index in [9.17, 15) is 4.79 Å². The van der Waals surface area contributed by atoms with Gasteiger partial charge in [-0.15, -0.1) is 0 Å². The summed E-state index contributed by atoms with van der Waals surface area (Å²) in [5.41, 5.74) is 0.856. The van der Waals surface area contributed by atoms with E-state index in [0.29, 0.717) is 6.42 Å². The standard InChI is InChI=1S/C14H14O/c1-2-6-14(15)13-10-5-8-11-7-3-4-9-12(11)13/h3-5,7-10H,2,6H2,1H3. The van der Waals surface area contributed by atoms with Gasteiger partial charge in [-0.2, -0.15) is 0 Å². The van der Waals surface area contributed by atoms with Crippen molar-refractivity contribution in [2.24, 2.45) is 0 Å². The molecular formula is C14H14O. The third-order valence-corrected chi connectivity index (χ3v) is 2.57. The number of Topliss-reactive ketones (excluding diaryl/α,β-unsaturated/α-hetero) is 1. The molecule has 0 N–H and O–H groups in total. The minimum absolute atomic E-state index is 0.245. The van der Waals surface area contributed by atoms with E-state index in [2.05, 4.69) is 0 Å². The van der Waals surface area contributed by atoms with Crippen LogP contribution in [0.15, 0.2) is 42.5 Å². The van der Waals surface area contributed by atoms with Gasteiger partial charge in [0.1, 0.15) is 0 Å². The van der Waals surface area contributed by atoms with Gasteiger partial charge in [-0.05, 0) is 17.2 Å². The minimum atomic E-state index is 0.245. The Hall–Kier alpha value is -1.63. The molecule has 2 aromatic rings. The predicted molar refractivity (Wildman–Crippen MR) is 63.2 cm³/mol. The van der Waals surface area contributed by atoms with E-state index in [1.54, 1.807) is 0 Å². The Morgan fingerprint density at radius 1 is 1.07 bits per heavy atom. The number of ketones is 1. The van der Waals surface area contributed by atoms with Crippen LogP contribution in [0.5, 0.6) is 0 Å². The van der Waals surface area contributed by atoms with Gasteiger partial charge >= 0.3 is 0 Å². The van der Waals surface area contributed by atoms with Crippen LogP contribution >= 0.6 is 0 Å². The molecule has 1 heteroatoms. The Morgan fingerprint density at radius 3 is 2.60 bits per heavy atom. The number of carbonyl (C=O) groups excluding carboxylic acids is 1. The third-order valence-electron chi connectivity index (χ3n) is 2.57. The molecule has 0 aromatic heterocycles. The molecule has 0 unspecified atom stereocenters. The summed E-state index contributed by atoms with van der Waals surface area (Å²) in [6.07, 6.45) is 1.54. The average molecular weight is 198 g/mol. The lowest BCUT2D eigenvalue weighted by Crippen LogP contribution is -1.98. The zero-order valence-corrected chi connectivity index (χ0v) is 8.86. The lowest BCUT2D eigenvalue weighted by Gasteiger charge is -2.04. The Kier molecular flexibility index (Phi) is 2.82. The highest BCUT2D eigenvalue weighted by molar-refractivity contribution is 6.08. The van der Waals surface area contributed by atoms with Crippen LogP contribution in [0, 0.1) is 0 Å². The van der Waals surface area contributed by atoms with Gasteiger partial charge in [-0.25, -0.2) is 0 Å². The highest BCUT2D eigenvalue weighted by Crippen LogP contribution is 2.19. The SMILES string of the molecule is CCCC(=O)c1cccc2ccccc12. The summed E-state index contributed by atoms with van der Waals surface area (Å²) >= 11 is 0. The van der Waals surface area contributed by atoms with Crippen LogP contribution in [0.25, 0.3) is 10.8 Å². The van der Waals surface area contributed by atoms with Crippen molar-refractivity contribution in [3.8, 4) is 0 Å². The van der Waals surface area contributed by atoms with Gasteiger partial charge in [0.15, 0.2) is 5.78 Å². The van der Waals surface area contributed by atoms with Crippen LogP contribution in [0.3, 0.4) is 0 Å². The van der Waals surface area contributed by atoms with E-state index in [1.807, 2.05) is 49.4 Å². The maximum Gasteiger partial charge on any atom is 0.163 e. The van der Waals surface area contributed by atoms with Crippen molar-refractivity contribution in [2.45, 2.75) is 19.8 Å². The number of hydrogen-bond acceptors (Lipinski definition) is 1. The van der Waals surface area contributed by atoms with E-state index >= 15 is 0 Å². The second kappa shape index (κ2) is 4.26. The molecule has 15 heavy (non-hydrogen) atoms. The quantitative estimate of drug-likeness (QED) is 0.685. The zero-order valence-electron chi connectivity index (χ0n) is 8.86. The molecule has 0 fully saturated rings. The number of fused-ring (bicyclic) bond motifs is 1. The van der Waals surface area contributed by atoms with Gasteiger partial charge in [0.05, 0.1) is 0 Å². The Balaban J connectivity index is 2.56. The average Bonchev–Trinajstić information content (AvgIpc) is 2.28. The second-order valence-corrected chi connectivity index (χ2v) is 3.70. The second-order valence-electron chi connectivity index (χ2n) is 3.70. The van der Waals surface area contributed by atoms with Crippen LogP contribution in [-0.2, 0) is 0 Å². The molecule has 2 rings (SSSR count). The highest BCUT2D eigenvalue weighted by Gasteiger charge is 2.07. The molecule has 0 amide bonds. The molecule has 0 aliphatic rings. The monoisotopic (exact) mass is 198 g/mol. The van der Waals surface area contributed by atoms with E-state index in [0.717, 1.165) is 22.8 Å². The van der Waals surface area contributed by atoms with Crippen LogP contribution in [-0.4, -0.2) is 5.78 Å². The first-order chi connectivity index (χ1) is 7.33. The normalized spacial score (nSPS) is 10.5. The summed E-state index contributed by atoms with van der Waals surface area (Å²) in [6, 6.07) is 13.9. The van der Waals surface area contributed by atoms with Crippen molar-refractivity contribution in [3.63, 3.8) is 0 Å². The van der Waals surface area contributed by atoms with Gasteiger partial charge in [-0.1, -0.05) is 49.4 Å². The fourth-order valence-electron chi connectivity index (χ4n) is 1.83. The fourth-order valence-corrected chi connectivity index (χ4v) is 1.83. The number of benzene rings is 2. The Labute approximate surface area is 89.7 Å². The van der Waals surface area contributed by atoms with Crippen molar-refractivity contribution in [1.29, 1.82) is 0 Å². The fraction of sp³-hybridized carbons (Fsp3) is 0.214. The first-order valence-corrected chi connectivity index (χ1v) is 5.34. The number of rotatable bonds is 3. The molecule has 1 nitrogen and oxygen atoms in total. The van der Waals surface area contributed by atoms with Gasteiger partial charge < -0.3 is 0 Å². The molecule has 2 aromatic carbocycles. The van der Waals surface area contributed by atoms with Crippen LogP contribution in [0.2, 0.25) is 0 Å². The molecule has 0 heterocycles. The summed E-state index contributed by atoms with van der Waals surface area (Å²) in [6.45, 7) is 2.03. The number of carbonyl (C=O) groups is 1. The summed E-state index contributed by atoms with van der Waals surface area (Å²) in [7, 11) is 0. The van der Waals surface area contributed by atoms with Crippen molar-refractivity contribution < 1.29 is 4.79 Å². The first kappa shape index (κ1) is 9.91. The molecule has 0 atom stereocenters. The maximum absolute atomic E-state index is 11.9. The predicted octanol–water partition coefficient (Wildman–Crippen LogP) is 3.82. The lowest BCUT2D eigenvalue weighted by atomic mass is 9.99. The molecule has 0 spiro atoms. The largest absolute Gasteiger partial charge is 0.294 e. The summed E-state index contributed by atoms with van der Waals surface area (Å²) in [5.74, 6) is 0.245. The number of hydrogen-bond donors (Lipinski definition) is 0. The highest BCUT2D eigenvalue weighted by atomic mass is 16.1. The minimum Gasteiger partial charge on any atom is -0.294 e. The van der Waals surface area contributed by atoms with Crippen molar-refractivity contribution >= 4 is 16.6 Å². The Bertz CT molecular complexity index is 480. The zero-order chi connectivity index (χ0) is 10.7. The van der Waals surface area contributed by atoms with Crippen LogP contribution < -0.4 is 0 Å². The first-order valence-electron chi connectivity index (χ1n) is 5.34. The van der Waals surface area contributed by atoms with E-state index < -0.39 is 0 Å². The van der Waals surface area contributed by atoms with E-state index in [-0.39, 0.29) is 5.78 Å². The van der Waals surface area contributed by atoms with Gasteiger partial charge in [0.2, 0.25) is 0 Å². The topological polar surface area (TPSA) is 17.1 Å². The molecular weight excluding hydrogens is 184 g/mol. The van der Waals surface area contributed by atoms with Gasteiger partial charge in [0.25, 0.3) is 0 Å². The van der Waals surface area contributed by atoms with Crippen molar-refractivity contribution in [2.75, 3.05) is 0 Å². The summed E-state index contributed by atoms with van der Waals surface area (Å²) in [4.78, 5) is 11.9. The lowest BCUT2D eigenvalue weighted by molar-refractivity contribution is 0.0983. The van der Waals surface area contributed by atoms with Gasteiger partial charge in [0, 0.05) is 12.0 Å². The molecule has 0 saturated heterocycles. The molecule has 76 valence electrons. The Morgan fingerprint density at radius 2 is 1.80 bits per heavy atom. The maximum atomic E-state index is 11.9. The van der Waals surface area contributed by atoms with Crippen molar-refractivity contribution in [1.82, 2.24) is 0 Å². The molecule has 0 aliphatic heterocycles. The van der Waals surface area contributed by atoms with E-state index in [1.165, 1.54) is 0 Å². The molecule has 0 bridgehead atoms. The smallest absolute Gasteiger partial charge is 0.163 e. The molecule has 0 radical (unpaired) electrons.